The Kier molecular flexibility index (Phi) is 2.18. The van der Waals surface area contributed by atoms with Crippen LogP contribution in [0.4, 0.5) is 0 Å². The third-order valence-electron chi connectivity index (χ3n) is 3.12. The Morgan fingerprint density at radius 2 is 1.87 bits per heavy atom. The predicted octanol–water partition coefficient (Wildman–Crippen LogP) is 2.98. The van der Waals surface area contributed by atoms with Crippen LogP contribution < -0.4 is 5.32 Å². The lowest BCUT2D eigenvalue weighted by molar-refractivity contribution is 0.976. The van der Waals surface area contributed by atoms with Gasteiger partial charge in [-0.15, -0.1) is 0 Å². The molecule has 1 fully saturated rings. The van der Waals surface area contributed by atoms with Crippen molar-refractivity contribution >= 4 is 0 Å². The van der Waals surface area contributed by atoms with Gasteiger partial charge < -0.3 is 0 Å². The van der Waals surface area contributed by atoms with Gasteiger partial charge in [-0.1, -0.05) is 48.6 Å². The summed E-state index contributed by atoms with van der Waals surface area (Å²) in [4.78, 5) is 0. The molecule has 2 unspecified atom stereocenters. The van der Waals surface area contributed by atoms with Crippen molar-refractivity contribution in [2.75, 3.05) is 0 Å². The second-order valence-electron chi connectivity index (χ2n) is 4.22. The molecule has 1 aliphatic carbocycles. The summed E-state index contributed by atoms with van der Waals surface area (Å²) in [6.45, 7) is 0. The number of benzene rings is 1. The van der Waals surface area contributed by atoms with E-state index in [4.69, 9.17) is 0 Å². The highest BCUT2D eigenvalue weighted by Gasteiger charge is 2.39. The molecule has 0 bridgehead atoms. The Morgan fingerprint density at radius 3 is 2.60 bits per heavy atom. The van der Waals surface area contributed by atoms with Crippen LogP contribution in [0.1, 0.15) is 24.4 Å². The van der Waals surface area contributed by atoms with Crippen molar-refractivity contribution in [2.45, 2.75) is 24.9 Å². The van der Waals surface area contributed by atoms with Crippen LogP contribution in [0.2, 0.25) is 0 Å². The topological polar surface area (TPSA) is 21.9 Å². The van der Waals surface area contributed by atoms with Crippen molar-refractivity contribution in [1.82, 2.24) is 5.32 Å². The fourth-order valence-electron chi connectivity index (χ4n) is 2.24. The fourth-order valence-corrected chi connectivity index (χ4v) is 2.24. The SMILES string of the molecule is C1=CC(C2NC2c2ccccc2)=CCC1. The lowest BCUT2D eigenvalue weighted by atomic mass is 10.00. The van der Waals surface area contributed by atoms with Crippen LogP contribution in [0.5, 0.6) is 0 Å². The lowest BCUT2D eigenvalue weighted by Gasteiger charge is -2.04. The van der Waals surface area contributed by atoms with Crippen LogP contribution in [-0.2, 0) is 0 Å². The zero-order valence-corrected chi connectivity index (χ0v) is 8.69. The maximum Gasteiger partial charge on any atom is 0.0523 e. The average molecular weight is 197 g/mol. The van der Waals surface area contributed by atoms with E-state index in [1.54, 1.807) is 0 Å². The Bertz CT molecular complexity index is 403. The predicted molar refractivity (Wildman–Crippen MR) is 62.6 cm³/mol. The van der Waals surface area contributed by atoms with Crippen LogP contribution in [0, 0.1) is 0 Å². The molecule has 1 saturated heterocycles. The highest BCUT2D eigenvalue weighted by Crippen LogP contribution is 2.36. The van der Waals surface area contributed by atoms with Gasteiger partial charge in [-0.2, -0.15) is 0 Å². The molecule has 1 heteroatoms. The molecule has 1 heterocycles. The van der Waals surface area contributed by atoms with E-state index in [9.17, 15) is 0 Å². The van der Waals surface area contributed by atoms with Gasteiger partial charge >= 0.3 is 0 Å². The van der Waals surface area contributed by atoms with Crippen molar-refractivity contribution in [3.8, 4) is 0 Å². The van der Waals surface area contributed by atoms with Crippen molar-refractivity contribution in [3.63, 3.8) is 0 Å². The first-order valence-corrected chi connectivity index (χ1v) is 5.63. The first-order valence-electron chi connectivity index (χ1n) is 5.63. The second kappa shape index (κ2) is 3.67. The van der Waals surface area contributed by atoms with Crippen LogP contribution in [0.3, 0.4) is 0 Å². The molecule has 0 aromatic heterocycles. The average Bonchev–Trinajstić information content (AvgIpc) is 3.11. The molecular formula is C14H15N. The summed E-state index contributed by atoms with van der Waals surface area (Å²) in [6, 6.07) is 11.8. The zero-order valence-electron chi connectivity index (χ0n) is 8.69. The Balaban J connectivity index is 1.74. The first kappa shape index (κ1) is 8.93. The summed E-state index contributed by atoms with van der Waals surface area (Å²) in [5.74, 6) is 0. The minimum atomic E-state index is 0.542. The molecule has 1 nitrogen and oxygen atoms in total. The quantitative estimate of drug-likeness (QED) is 0.723. The second-order valence-corrected chi connectivity index (χ2v) is 4.22. The monoisotopic (exact) mass is 197 g/mol. The third-order valence-corrected chi connectivity index (χ3v) is 3.12. The summed E-state index contributed by atoms with van der Waals surface area (Å²) in [5.41, 5.74) is 2.87. The highest BCUT2D eigenvalue weighted by atomic mass is 15.1. The van der Waals surface area contributed by atoms with Crippen molar-refractivity contribution in [1.29, 1.82) is 0 Å². The van der Waals surface area contributed by atoms with Gasteiger partial charge in [0.05, 0.1) is 12.1 Å². The van der Waals surface area contributed by atoms with E-state index >= 15 is 0 Å². The molecule has 0 radical (unpaired) electrons. The van der Waals surface area contributed by atoms with Gasteiger partial charge in [0, 0.05) is 0 Å². The summed E-state index contributed by atoms with van der Waals surface area (Å²) < 4.78 is 0. The summed E-state index contributed by atoms with van der Waals surface area (Å²) in [6.07, 6.45) is 9.31. The van der Waals surface area contributed by atoms with Crippen molar-refractivity contribution in [3.05, 3.63) is 59.7 Å². The minimum absolute atomic E-state index is 0.542. The summed E-state index contributed by atoms with van der Waals surface area (Å²) in [5, 5.41) is 3.54. The van der Waals surface area contributed by atoms with E-state index in [-0.39, 0.29) is 0 Å². The van der Waals surface area contributed by atoms with Gasteiger partial charge in [-0.05, 0) is 24.0 Å². The smallest absolute Gasteiger partial charge is 0.0523 e. The van der Waals surface area contributed by atoms with Crippen LogP contribution in [0.25, 0.3) is 0 Å². The minimum Gasteiger partial charge on any atom is -0.300 e. The fraction of sp³-hybridized carbons (Fsp3) is 0.286. The molecular weight excluding hydrogens is 182 g/mol. The number of hydrogen-bond acceptors (Lipinski definition) is 1. The molecule has 2 aliphatic rings. The lowest BCUT2D eigenvalue weighted by Crippen LogP contribution is -1.96. The number of allylic oxidation sites excluding steroid dienone is 2. The molecule has 0 saturated carbocycles. The van der Waals surface area contributed by atoms with Gasteiger partial charge in [0.15, 0.2) is 0 Å². The molecule has 76 valence electrons. The molecule has 0 amide bonds. The highest BCUT2D eigenvalue weighted by molar-refractivity contribution is 5.39. The summed E-state index contributed by atoms with van der Waals surface area (Å²) >= 11 is 0. The summed E-state index contributed by atoms with van der Waals surface area (Å²) in [7, 11) is 0. The molecule has 15 heavy (non-hydrogen) atoms. The standard InChI is InChI=1S/C14H15N/c1-3-7-11(8-4-1)13-14(15-13)12-9-5-2-6-10-12/h1,3-5,7-10,13-15H,2,6H2. The Labute approximate surface area is 90.5 Å². The van der Waals surface area contributed by atoms with Gasteiger partial charge in [-0.3, -0.25) is 5.32 Å². The molecule has 1 N–H and O–H groups in total. The number of nitrogens with one attached hydrogen (secondary N) is 1. The maximum atomic E-state index is 3.54. The molecule has 3 rings (SSSR count). The Hall–Kier alpha value is -1.34. The van der Waals surface area contributed by atoms with E-state index in [1.807, 2.05) is 0 Å². The van der Waals surface area contributed by atoms with Gasteiger partial charge in [0.2, 0.25) is 0 Å². The van der Waals surface area contributed by atoms with Crippen LogP contribution >= 0.6 is 0 Å². The van der Waals surface area contributed by atoms with E-state index in [2.05, 4.69) is 53.9 Å². The normalized spacial score (nSPS) is 28.7. The number of hydrogen-bond donors (Lipinski definition) is 1. The van der Waals surface area contributed by atoms with E-state index < -0.39 is 0 Å². The number of rotatable bonds is 2. The van der Waals surface area contributed by atoms with Gasteiger partial charge in [0.1, 0.15) is 0 Å². The van der Waals surface area contributed by atoms with Crippen molar-refractivity contribution < 1.29 is 0 Å². The first-order chi connectivity index (χ1) is 7.45. The van der Waals surface area contributed by atoms with E-state index in [0.29, 0.717) is 12.1 Å². The third kappa shape index (κ3) is 1.75. The van der Waals surface area contributed by atoms with E-state index in [1.165, 1.54) is 24.0 Å². The molecule has 1 aromatic carbocycles. The van der Waals surface area contributed by atoms with Crippen LogP contribution in [-0.4, -0.2) is 6.04 Å². The zero-order chi connectivity index (χ0) is 10.1. The molecule has 0 spiro atoms. The van der Waals surface area contributed by atoms with Crippen molar-refractivity contribution in [2.24, 2.45) is 0 Å². The van der Waals surface area contributed by atoms with E-state index in [0.717, 1.165) is 0 Å². The van der Waals surface area contributed by atoms with Gasteiger partial charge in [-0.25, -0.2) is 0 Å². The molecule has 1 aromatic rings. The maximum absolute atomic E-state index is 3.54. The molecule has 1 aliphatic heterocycles. The molecule has 2 atom stereocenters. The van der Waals surface area contributed by atoms with Crippen LogP contribution in [0.15, 0.2) is 54.1 Å². The largest absolute Gasteiger partial charge is 0.300 e. The van der Waals surface area contributed by atoms with Gasteiger partial charge in [0.25, 0.3) is 0 Å². The Morgan fingerprint density at radius 1 is 1.00 bits per heavy atom.